The summed E-state index contributed by atoms with van der Waals surface area (Å²) in [6, 6.07) is 1.41. The molecular formula is C6H8N2O2. The van der Waals surface area contributed by atoms with E-state index in [0.29, 0.717) is 5.69 Å². The molecule has 0 amide bonds. The van der Waals surface area contributed by atoms with Crippen LogP contribution in [0.4, 0.5) is 0 Å². The first-order chi connectivity index (χ1) is 4.74. The van der Waals surface area contributed by atoms with Gasteiger partial charge in [0, 0.05) is 25.2 Å². The standard InChI is InChI=1S/C6H8N2O2/c1-8-6(10)4-5(7-8)2-3-9/h3-4,7H,2H2,1H3. The van der Waals surface area contributed by atoms with Crippen LogP contribution in [-0.4, -0.2) is 16.1 Å². The Kier molecular flexibility index (Phi) is 1.71. The molecule has 0 radical (unpaired) electrons. The lowest BCUT2D eigenvalue weighted by Gasteiger charge is -1.86. The minimum absolute atomic E-state index is 0.114. The third-order valence-corrected chi connectivity index (χ3v) is 1.24. The minimum Gasteiger partial charge on any atom is -0.303 e. The fraction of sp³-hybridized carbons (Fsp3) is 0.333. The second-order valence-electron chi connectivity index (χ2n) is 2.05. The van der Waals surface area contributed by atoms with E-state index >= 15 is 0 Å². The van der Waals surface area contributed by atoms with Crippen molar-refractivity contribution in [3.05, 3.63) is 22.1 Å². The number of aromatic nitrogens is 2. The van der Waals surface area contributed by atoms with Gasteiger partial charge in [0.1, 0.15) is 6.29 Å². The Morgan fingerprint density at radius 1 is 1.80 bits per heavy atom. The lowest BCUT2D eigenvalue weighted by molar-refractivity contribution is -0.107. The van der Waals surface area contributed by atoms with Gasteiger partial charge in [-0.25, -0.2) is 0 Å². The number of H-pyrrole nitrogens is 1. The molecule has 0 bridgehead atoms. The zero-order valence-corrected chi connectivity index (χ0v) is 5.63. The van der Waals surface area contributed by atoms with Gasteiger partial charge in [-0.15, -0.1) is 0 Å². The summed E-state index contributed by atoms with van der Waals surface area (Å²) in [5, 5.41) is 2.72. The summed E-state index contributed by atoms with van der Waals surface area (Å²) in [6.45, 7) is 0. The van der Waals surface area contributed by atoms with E-state index < -0.39 is 0 Å². The molecule has 10 heavy (non-hydrogen) atoms. The molecule has 0 fully saturated rings. The molecule has 1 rings (SSSR count). The first-order valence-corrected chi connectivity index (χ1v) is 2.92. The van der Waals surface area contributed by atoms with Crippen LogP contribution < -0.4 is 5.56 Å². The molecule has 0 spiro atoms. The van der Waals surface area contributed by atoms with Crippen LogP contribution in [0.3, 0.4) is 0 Å². The molecule has 54 valence electrons. The van der Waals surface area contributed by atoms with E-state index in [1.807, 2.05) is 0 Å². The molecule has 0 saturated carbocycles. The van der Waals surface area contributed by atoms with E-state index in [4.69, 9.17) is 0 Å². The summed E-state index contributed by atoms with van der Waals surface area (Å²) in [5.41, 5.74) is 0.541. The number of hydrogen-bond acceptors (Lipinski definition) is 2. The Bertz CT molecular complexity index is 284. The molecule has 0 aliphatic carbocycles. The normalized spacial score (nSPS) is 9.70. The zero-order valence-electron chi connectivity index (χ0n) is 5.63. The molecule has 4 heteroatoms. The van der Waals surface area contributed by atoms with Gasteiger partial charge in [-0.2, -0.15) is 0 Å². The highest BCUT2D eigenvalue weighted by Gasteiger charge is 1.96. The average molecular weight is 140 g/mol. The van der Waals surface area contributed by atoms with Crippen molar-refractivity contribution < 1.29 is 4.79 Å². The van der Waals surface area contributed by atoms with Gasteiger partial charge < -0.3 is 4.79 Å². The van der Waals surface area contributed by atoms with E-state index in [1.165, 1.54) is 10.7 Å². The maximum atomic E-state index is 10.7. The van der Waals surface area contributed by atoms with Crippen LogP contribution in [0.1, 0.15) is 5.69 Å². The maximum Gasteiger partial charge on any atom is 0.266 e. The molecule has 1 heterocycles. The Morgan fingerprint density at radius 3 is 2.90 bits per heavy atom. The molecule has 0 aliphatic heterocycles. The number of rotatable bonds is 2. The largest absolute Gasteiger partial charge is 0.303 e. The van der Waals surface area contributed by atoms with E-state index in [1.54, 1.807) is 7.05 Å². The molecule has 0 aromatic carbocycles. The van der Waals surface area contributed by atoms with Crippen molar-refractivity contribution in [2.24, 2.45) is 7.05 Å². The number of aldehydes is 1. The Morgan fingerprint density at radius 2 is 2.50 bits per heavy atom. The molecule has 0 unspecified atom stereocenters. The van der Waals surface area contributed by atoms with Crippen LogP contribution in [0.5, 0.6) is 0 Å². The Hall–Kier alpha value is -1.32. The quantitative estimate of drug-likeness (QED) is 0.560. The molecule has 1 aromatic rings. The monoisotopic (exact) mass is 140 g/mol. The van der Waals surface area contributed by atoms with Crippen molar-refractivity contribution in [2.45, 2.75) is 6.42 Å². The lowest BCUT2D eigenvalue weighted by atomic mass is 10.3. The molecular weight excluding hydrogens is 132 g/mol. The second-order valence-corrected chi connectivity index (χ2v) is 2.05. The predicted molar refractivity (Wildman–Crippen MR) is 35.8 cm³/mol. The number of hydrogen-bond donors (Lipinski definition) is 1. The van der Waals surface area contributed by atoms with E-state index in [0.717, 1.165) is 6.29 Å². The number of nitrogens with zero attached hydrogens (tertiary/aromatic N) is 1. The number of carbonyl (C=O) groups excluding carboxylic acids is 1. The SMILES string of the molecule is Cn1[nH]c(CC=O)cc1=O. The van der Waals surface area contributed by atoms with Crippen molar-refractivity contribution >= 4 is 6.29 Å². The first kappa shape index (κ1) is 6.80. The second kappa shape index (κ2) is 2.51. The summed E-state index contributed by atoms with van der Waals surface area (Å²) in [5.74, 6) is 0. The number of aromatic amines is 1. The number of nitrogens with one attached hydrogen (secondary N) is 1. The van der Waals surface area contributed by atoms with Crippen LogP contribution in [0, 0.1) is 0 Å². The van der Waals surface area contributed by atoms with Crippen molar-refractivity contribution in [3.63, 3.8) is 0 Å². The zero-order chi connectivity index (χ0) is 7.56. The van der Waals surface area contributed by atoms with Crippen LogP contribution >= 0.6 is 0 Å². The third kappa shape index (κ3) is 1.15. The minimum atomic E-state index is -0.114. The summed E-state index contributed by atoms with van der Waals surface area (Å²) < 4.78 is 1.33. The van der Waals surface area contributed by atoms with Crippen molar-refractivity contribution in [1.82, 2.24) is 9.78 Å². The van der Waals surface area contributed by atoms with Crippen LogP contribution in [0.25, 0.3) is 0 Å². The molecule has 0 aliphatic rings. The third-order valence-electron chi connectivity index (χ3n) is 1.24. The van der Waals surface area contributed by atoms with E-state index in [9.17, 15) is 9.59 Å². The highest BCUT2D eigenvalue weighted by atomic mass is 16.1. The first-order valence-electron chi connectivity index (χ1n) is 2.92. The van der Waals surface area contributed by atoms with Gasteiger partial charge in [0.15, 0.2) is 0 Å². The smallest absolute Gasteiger partial charge is 0.266 e. The Labute approximate surface area is 57.5 Å². The number of aryl methyl sites for hydroxylation is 1. The van der Waals surface area contributed by atoms with Gasteiger partial charge in [-0.1, -0.05) is 0 Å². The van der Waals surface area contributed by atoms with Crippen molar-refractivity contribution in [1.29, 1.82) is 0 Å². The van der Waals surface area contributed by atoms with Gasteiger partial charge in [-0.3, -0.25) is 14.6 Å². The fourth-order valence-corrected chi connectivity index (χ4v) is 0.743. The van der Waals surface area contributed by atoms with Crippen LogP contribution in [-0.2, 0) is 18.3 Å². The van der Waals surface area contributed by atoms with Crippen molar-refractivity contribution in [3.8, 4) is 0 Å². The van der Waals surface area contributed by atoms with Crippen LogP contribution in [0.15, 0.2) is 10.9 Å². The highest BCUT2D eigenvalue weighted by Crippen LogP contribution is 1.86. The molecule has 4 nitrogen and oxygen atoms in total. The fourth-order valence-electron chi connectivity index (χ4n) is 0.743. The summed E-state index contributed by atoms with van der Waals surface area (Å²) in [6.07, 6.45) is 1.03. The van der Waals surface area contributed by atoms with Gasteiger partial charge >= 0.3 is 0 Å². The van der Waals surface area contributed by atoms with E-state index in [2.05, 4.69) is 5.10 Å². The molecule has 0 saturated heterocycles. The predicted octanol–water partition coefficient (Wildman–Crippen LogP) is -0.545. The number of carbonyl (C=O) groups is 1. The van der Waals surface area contributed by atoms with Crippen molar-refractivity contribution in [2.75, 3.05) is 0 Å². The summed E-state index contributed by atoms with van der Waals surface area (Å²) in [4.78, 5) is 20.7. The van der Waals surface area contributed by atoms with Gasteiger partial charge in [-0.05, 0) is 0 Å². The molecule has 0 atom stereocenters. The van der Waals surface area contributed by atoms with Gasteiger partial charge in [0.2, 0.25) is 0 Å². The molecule has 1 N–H and O–H groups in total. The van der Waals surface area contributed by atoms with E-state index in [-0.39, 0.29) is 12.0 Å². The lowest BCUT2D eigenvalue weighted by Crippen LogP contribution is -2.09. The summed E-state index contributed by atoms with van der Waals surface area (Å²) >= 11 is 0. The molecule has 1 aromatic heterocycles. The van der Waals surface area contributed by atoms with Gasteiger partial charge in [0.25, 0.3) is 5.56 Å². The highest BCUT2D eigenvalue weighted by molar-refractivity contribution is 5.53. The topological polar surface area (TPSA) is 54.9 Å². The maximum absolute atomic E-state index is 10.7. The summed E-state index contributed by atoms with van der Waals surface area (Å²) in [7, 11) is 1.61. The van der Waals surface area contributed by atoms with Gasteiger partial charge in [0.05, 0.1) is 0 Å². The Balaban J connectivity index is 2.98. The average Bonchev–Trinajstić information content (AvgIpc) is 2.14. The van der Waals surface area contributed by atoms with Crippen LogP contribution in [0.2, 0.25) is 0 Å².